The number of hydrogen-bond acceptors (Lipinski definition) is 2. The van der Waals surface area contributed by atoms with Crippen LogP contribution >= 0.6 is 0 Å². The molecule has 0 atom stereocenters. The average Bonchev–Trinajstić information content (AvgIpc) is 1.91. The van der Waals surface area contributed by atoms with E-state index in [-0.39, 0.29) is 0 Å². The molecule has 0 aromatic heterocycles. The molecule has 0 spiro atoms. The maximum Gasteiger partial charge on any atom is 0.149 e. The van der Waals surface area contributed by atoms with Crippen molar-refractivity contribution in [2.45, 2.75) is 6.92 Å². The normalized spacial score (nSPS) is 12.0. The number of allylic oxidation sites excluding steroid dienone is 3. The van der Waals surface area contributed by atoms with Crippen LogP contribution in [-0.2, 0) is 4.79 Å². The number of hydrogen-bond donors (Lipinski definition) is 1. The second kappa shape index (κ2) is 5.09. The van der Waals surface area contributed by atoms with Crippen LogP contribution in [0.25, 0.3) is 0 Å². The van der Waals surface area contributed by atoms with Crippen LogP contribution in [0.3, 0.4) is 0 Å². The zero-order valence-electron chi connectivity index (χ0n) is 5.72. The highest BCUT2D eigenvalue weighted by Gasteiger charge is 1.80. The van der Waals surface area contributed by atoms with Gasteiger partial charge in [-0.25, -0.2) is 0 Å². The minimum atomic E-state index is 0.685. The van der Waals surface area contributed by atoms with Crippen molar-refractivity contribution in [3.05, 3.63) is 23.9 Å². The van der Waals surface area contributed by atoms with Gasteiger partial charge >= 0.3 is 0 Å². The summed E-state index contributed by atoms with van der Waals surface area (Å²) in [5.41, 5.74) is 0.685. The maximum atomic E-state index is 10.1. The molecule has 0 rings (SSSR count). The molecule has 2 nitrogen and oxygen atoms in total. The fourth-order valence-corrected chi connectivity index (χ4v) is 0.383. The summed E-state index contributed by atoms with van der Waals surface area (Å²) in [6.07, 6.45) is 5.99. The summed E-state index contributed by atoms with van der Waals surface area (Å²) in [5, 5.41) is 2.79. The Morgan fingerprint density at radius 3 is 2.56 bits per heavy atom. The molecule has 0 aromatic carbocycles. The van der Waals surface area contributed by atoms with Crippen LogP contribution in [0.1, 0.15) is 6.92 Å². The first-order valence-electron chi connectivity index (χ1n) is 2.80. The van der Waals surface area contributed by atoms with Crippen LogP contribution in [0, 0.1) is 0 Å². The molecule has 0 aliphatic carbocycles. The summed E-state index contributed by atoms with van der Waals surface area (Å²) >= 11 is 0. The van der Waals surface area contributed by atoms with Crippen molar-refractivity contribution in [1.82, 2.24) is 5.32 Å². The van der Waals surface area contributed by atoms with Crippen LogP contribution in [0.4, 0.5) is 0 Å². The van der Waals surface area contributed by atoms with E-state index in [0.717, 1.165) is 6.29 Å². The van der Waals surface area contributed by atoms with Crippen molar-refractivity contribution < 1.29 is 4.79 Å². The third kappa shape index (κ3) is 3.53. The van der Waals surface area contributed by atoms with Crippen molar-refractivity contribution in [2.75, 3.05) is 7.05 Å². The first-order valence-corrected chi connectivity index (χ1v) is 2.80. The molecule has 0 radical (unpaired) electrons. The van der Waals surface area contributed by atoms with E-state index in [4.69, 9.17) is 0 Å². The van der Waals surface area contributed by atoms with E-state index in [1.165, 1.54) is 0 Å². The van der Waals surface area contributed by atoms with Crippen molar-refractivity contribution >= 4 is 6.29 Å². The van der Waals surface area contributed by atoms with E-state index in [1.54, 1.807) is 25.4 Å². The van der Waals surface area contributed by atoms with Gasteiger partial charge in [-0.15, -0.1) is 0 Å². The summed E-state index contributed by atoms with van der Waals surface area (Å²) in [7, 11) is 1.79. The van der Waals surface area contributed by atoms with E-state index < -0.39 is 0 Å². The molecule has 0 bridgehead atoms. The SMILES string of the molecule is C/C=C(C=O)\C=C/NC. The van der Waals surface area contributed by atoms with Crippen LogP contribution in [0.15, 0.2) is 23.9 Å². The molecule has 0 aliphatic rings. The van der Waals surface area contributed by atoms with E-state index in [2.05, 4.69) is 5.32 Å². The third-order valence-electron chi connectivity index (χ3n) is 0.912. The molecule has 2 heteroatoms. The van der Waals surface area contributed by atoms with Crippen molar-refractivity contribution in [3.8, 4) is 0 Å². The molecule has 0 amide bonds. The van der Waals surface area contributed by atoms with Gasteiger partial charge in [-0.05, 0) is 19.2 Å². The summed E-state index contributed by atoms with van der Waals surface area (Å²) in [4.78, 5) is 10.1. The van der Waals surface area contributed by atoms with Gasteiger partial charge in [-0.2, -0.15) is 0 Å². The highest BCUT2D eigenvalue weighted by molar-refractivity contribution is 5.77. The number of carbonyl (C=O) groups is 1. The fourth-order valence-electron chi connectivity index (χ4n) is 0.383. The lowest BCUT2D eigenvalue weighted by Crippen LogP contribution is -1.91. The largest absolute Gasteiger partial charge is 0.394 e. The molecule has 50 valence electrons. The van der Waals surface area contributed by atoms with Gasteiger partial charge in [0.15, 0.2) is 0 Å². The van der Waals surface area contributed by atoms with E-state index >= 15 is 0 Å². The molecule has 0 fully saturated rings. The van der Waals surface area contributed by atoms with Crippen molar-refractivity contribution in [1.29, 1.82) is 0 Å². The minimum Gasteiger partial charge on any atom is -0.394 e. The molecular weight excluding hydrogens is 114 g/mol. The van der Waals surface area contributed by atoms with Gasteiger partial charge in [-0.3, -0.25) is 4.79 Å². The van der Waals surface area contributed by atoms with Crippen LogP contribution in [-0.4, -0.2) is 13.3 Å². The molecule has 0 saturated heterocycles. The highest BCUT2D eigenvalue weighted by Crippen LogP contribution is 1.88. The predicted octanol–water partition coefficient (Wildman–Crippen LogP) is 0.865. The third-order valence-corrected chi connectivity index (χ3v) is 0.912. The van der Waals surface area contributed by atoms with Crippen LogP contribution in [0.5, 0.6) is 0 Å². The molecule has 9 heavy (non-hydrogen) atoms. The lowest BCUT2D eigenvalue weighted by molar-refractivity contribution is -0.104. The van der Waals surface area contributed by atoms with Crippen LogP contribution < -0.4 is 5.32 Å². The molecule has 0 aliphatic heterocycles. The Kier molecular flexibility index (Phi) is 4.50. The number of aldehydes is 1. The first-order chi connectivity index (χ1) is 4.35. The van der Waals surface area contributed by atoms with Gasteiger partial charge in [-0.1, -0.05) is 6.08 Å². The molecular formula is C7H11NO. The van der Waals surface area contributed by atoms with Gasteiger partial charge in [0.1, 0.15) is 6.29 Å². The lowest BCUT2D eigenvalue weighted by atomic mass is 10.3. The number of carbonyl (C=O) groups excluding carboxylic acids is 1. The maximum absolute atomic E-state index is 10.1. The number of nitrogens with one attached hydrogen (secondary N) is 1. The first kappa shape index (κ1) is 7.95. The lowest BCUT2D eigenvalue weighted by Gasteiger charge is -1.85. The molecule has 0 aromatic rings. The quantitative estimate of drug-likeness (QED) is 0.344. The van der Waals surface area contributed by atoms with E-state index in [1.807, 2.05) is 6.92 Å². The number of rotatable bonds is 3. The van der Waals surface area contributed by atoms with E-state index in [9.17, 15) is 4.79 Å². The summed E-state index contributed by atoms with van der Waals surface area (Å²) in [6, 6.07) is 0. The highest BCUT2D eigenvalue weighted by atomic mass is 16.1. The zero-order chi connectivity index (χ0) is 7.11. The molecule has 0 saturated carbocycles. The smallest absolute Gasteiger partial charge is 0.149 e. The Balaban J connectivity index is 3.84. The summed E-state index contributed by atoms with van der Waals surface area (Å²) < 4.78 is 0. The Morgan fingerprint density at radius 2 is 2.22 bits per heavy atom. The Labute approximate surface area is 55.3 Å². The second-order valence-electron chi connectivity index (χ2n) is 1.53. The van der Waals surface area contributed by atoms with Gasteiger partial charge < -0.3 is 5.32 Å². The van der Waals surface area contributed by atoms with Gasteiger partial charge in [0.25, 0.3) is 0 Å². The Morgan fingerprint density at radius 1 is 1.56 bits per heavy atom. The monoisotopic (exact) mass is 125 g/mol. The zero-order valence-corrected chi connectivity index (χ0v) is 5.72. The molecule has 1 N–H and O–H groups in total. The van der Waals surface area contributed by atoms with Gasteiger partial charge in [0.2, 0.25) is 0 Å². The second-order valence-corrected chi connectivity index (χ2v) is 1.53. The van der Waals surface area contributed by atoms with E-state index in [0.29, 0.717) is 5.57 Å². The van der Waals surface area contributed by atoms with Crippen molar-refractivity contribution in [2.24, 2.45) is 0 Å². The fraction of sp³-hybridized carbons (Fsp3) is 0.286. The van der Waals surface area contributed by atoms with Gasteiger partial charge in [0, 0.05) is 12.6 Å². The average molecular weight is 125 g/mol. The topological polar surface area (TPSA) is 29.1 Å². The van der Waals surface area contributed by atoms with Crippen LogP contribution in [0.2, 0.25) is 0 Å². The Hall–Kier alpha value is -1.05. The standard InChI is InChI=1S/C7H11NO/c1-3-7(6-9)4-5-8-2/h3-6,8H,1-2H3/b5-4-,7-3+. The summed E-state index contributed by atoms with van der Waals surface area (Å²) in [5.74, 6) is 0. The van der Waals surface area contributed by atoms with Gasteiger partial charge in [0.05, 0.1) is 0 Å². The minimum absolute atomic E-state index is 0.685. The summed E-state index contributed by atoms with van der Waals surface area (Å²) in [6.45, 7) is 1.82. The Bertz CT molecular complexity index is 136. The predicted molar refractivity (Wildman–Crippen MR) is 38.0 cm³/mol. The molecule has 0 heterocycles. The molecule has 0 unspecified atom stereocenters. The van der Waals surface area contributed by atoms with Crippen molar-refractivity contribution in [3.63, 3.8) is 0 Å².